The van der Waals surface area contributed by atoms with Crippen LogP contribution in [0.15, 0.2) is 58.7 Å². The number of benzene rings is 2. The minimum Gasteiger partial charge on any atom is -0.498 e. The average molecular weight is 402 g/mol. The van der Waals surface area contributed by atoms with Crippen LogP contribution in [0.5, 0.6) is 0 Å². The van der Waals surface area contributed by atoms with Gasteiger partial charge in [-0.3, -0.25) is 4.55 Å². The molecule has 3 aromatic rings. The van der Waals surface area contributed by atoms with Gasteiger partial charge in [0.1, 0.15) is 5.76 Å². The molecule has 0 radical (unpaired) electrons. The molecule has 0 saturated heterocycles. The summed E-state index contributed by atoms with van der Waals surface area (Å²) in [6, 6.07) is 15.9. The summed E-state index contributed by atoms with van der Waals surface area (Å²) < 4.78 is 44.6. The highest BCUT2D eigenvalue weighted by Crippen LogP contribution is 2.24. The van der Waals surface area contributed by atoms with Crippen LogP contribution in [0.3, 0.4) is 0 Å². The Labute approximate surface area is 164 Å². The molecule has 0 saturated carbocycles. The van der Waals surface area contributed by atoms with E-state index in [9.17, 15) is 8.42 Å². The van der Waals surface area contributed by atoms with E-state index in [0.717, 1.165) is 16.6 Å². The molecule has 6 nitrogen and oxygen atoms in total. The first-order valence-corrected chi connectivity index (χ1v) is 10.8. The summed E-state index contributed by atoms with van der Waals surface area (Å²) in [5.41, 5.74) is 3.67. The lowest BCUT2D eigenvalue weighted by Gasteiger charge is -2.01. The minimum absolute atomic E-state index is 0.266. The highest BCUT2D eigenvalue weighted by Gasteiger charge is 2.22. The maximum atomic E-state index is 11.1. The molecule has 0 atom stereocenters. The van der Waals surface area contributed by atoms with Gasteiger partial charge in [-0.15, -0.1) is 0 Å². The quantitative estimate of drug-likeness (QED) is 0.349. The van der Waals surface area contributed by atoms with Gasteiger partial charge in [0.05, 0.1) is 18.4 Å². The molecule has 3 rings (SSSR count). The van der Waals surface area contributed by atoms with E-state index in [0.29, 0.717) is 30.4 Å². The van der Waals surface area contributed by atoms with E-state index >= 15 is 0 Å². The molecule has 1 aromatic heterocycles. The molecule has 2 aromatic carbocycles. The zero-order chi connectivity index (χ0) is 20.1. The van der Waals surface area contributed by atoms with Gasteiger partial charge in [0.2, 0.25) is 5.58 Å². The zero-order valence-corrected chi connectivity index (χ0v) is 16.8. The van der Waals surface area contributed by atoms with Crippen molar-refractivity contribution >= 4 is 27.3 Å². The number of allylic oxidation sites excluding steroid dienone is 1. The summed E-state index contributed by atoms with van der Waals surface area (Å²) >= 11 is 0. The fourth-order valence-corrected chi connectivity index (χ4v) is 3.59. The lowest BCUT2D eigenvalue weighted by Crippen LogP contribution is -2.36. The van der Waals surface area contributed by atoms with Gasteiger partial charge >= 0.3 is 5.89 Å². The maximum Gasteiger partial charge on any atom is 0.377 e. The summed E-state index contributed by atoms with van der Waals surface area (Å²) in [5, 5.41) is 0. The number of fused-ring (bicyclic) bond motifs is 1. The molecule has 0 aliphatic heterocycles. The lowest BCUT2D eigenvalue weighted by atomic mass is 10.1. The highest BCUT2D eigenvalue weighted by molar-refractivity contribution is 7.85. The van der Waals surface area contributed by atoms with Gasteiger partial charge < -0.3 is 9.15 Å². The Morgan fingerprint density at radius 2 is 1.93 bits per heavy atom. The van der Waals surface area contributed by atoms with Crippen LogP contribution in [0.4, 0.5) is 0 Å². The van der Waals surface area contributed by atoms with E-state index in [2.05, 4.69) is 0 Å². The number of aryl methyl sites for hydroxylation is 1. The van der Waals surface area contributed by atoms with Crippen LogP contribution in [-0.2, 0) is 21.4 Å². The Morgan fingerprint density at radius 3 is 2.61 bits per heavy atom. The van der Waals surface area contributed by atoms with E-state index < -0.39 is 10.1 Å². The Kier molecular flexibility index (Phi) is 6.16. The van der Waals surface area contributed by atoms with Crippen LogP contribution in [-0.4, -0.2) is 25.3 Å². The third-order valence-electron chi connectivity index (χ3n) is 4.32. The number of hydrogen-bond donors (Lipinski definition) is 1. The van der Waals surface area contributed by atoms with Crippen molar-refractivity contribution in [1.29, 1.82) is 0 Å². The molecule has 28 heavy (non-hydrogen) atoms. The summed E-state index contributed by atoms with van der Waals surface area (Å²) in [7, 11) is -4.01. The van der Waals surface area contributed by atoms with Crippen molar-refractivity contribution in [2.75, 3.05) is 12.4 Å². The predicted octanol–water partition coefficient (Wildman–Crippen LogP) is 4.06. The summed E-state index contributed by atoms with van der Waals surface area (Å²) in [6.45, 7) is 4.68. The van der Waals surface area contributed by atoms with E-state index in [1.807, 2.05) is 66.9 Å². The van der Waals surface area contributed by atoms with Crippen LogP contribution >= 0.6 is 0 Å². The minimum atomic E-state index is -4.01. The predicted molar refractivity (Wildman–Crippen MR) is 108 cm³/mol. The van der Waals surface area contributed by atoms with E-state index in [-0.39, 0.29) is 12.2 Å². The van der Waals surface area contributed by atoms with Crippen molar-refractivity contribution in [2.45, 2.75) is 26.8 Å². The topological polar surface area (TPSA) is 80.6 Å². The SMILES string of the molecule is CCO/C(C)=C/c1oc2ccc(-c3ccccc3)cc2[n+]1CCCS(=O)(=O)O. The molecule has 0 fully saturated rings. The van der Waals surface area contributed by atoms with Crippen molar-refractivity contribution in [3.63, 3.8) is 0 Å². The van der Waals surface area contributed by atoms with Crippen molar-refractivity contribution in [3.8, 4) is 11.1 Å². The maximum absolute atomic E-state index is 11.1. The van der Waals surface area contributed by atoms with E-state index in [1.165, 1.54) is 0 Å². The van der Waals surface area contributed by atoms with Gasteiger partial charge in [0.25, 0.3) is 15.6 Å². The molecule has 1 heterocycles. The Balaban J connectivity index is 2.05. The standard InChI is InChI=1S/C21H23NO5S/c1-3-26-16(2)14-21-22(12-7-13-28(23,24)25)19-15-18(10-11-20(19)27-21)17-8-5-4-6-9-17/h4-6,8-11,14-15H,3,7,12-13H2,1-2H3/p+1/b16-14+. The largest absolute Gasteiger partial charge is 0.498 e. The van der Waals surface area contributed by atoms with Crippen molar-refractivity contribution in [1.82, 2.24) is 0 Å². The molecular weight excluding hydrogens is 378 g/mol. The molecule has 0 amide bonds. The fraction of sp³-hybridized carbons (Fsp3) is 0.286. The van der Waals surface area contributed by atoms with Gasteiger partial charge in [-0.05, 0) is 31.0 Å². The molecule has 0 unspecified atom stereocenters. The first-order chi connectivity index (χ1) is 13.4. The molecular formula is C21H24NO5S+. The third-order valence-corrected chi connectivity index (χ3v) is 5.12. The number of oxazole rings is 1. The smallest absolute Gasteiger partial charge is 0.377 e. The highest BCUT2D eigenvalue weighted by atomic mass is 32.2. The fourth-order valence-electron chi connectivity index (χ4n) is 3.10. The molecule has 0 bridgehead atoms. The van der Waals surface area contributed by atoms with Gasteiger partial charge in [0.15, 0.2) is 6.54 Å². The van der Waals surface area contributed by atoms with Crippen molar-refractivity contribution in [2.24, 2.45) is 0 Å². The molecule has 0 aliphatic carbocycles. The van der Waals surface area contributed by atoms with Crippen molar-refractivity contribution in [3.05, 3.63) is 60.2 Å². The normalized spacial score (nSPS) is 12.5. The van der Waals surface area contributed by atoms with E-state index in [4.69, 9.17) is 13.7 Å². The zero-order valence-electron chi connectivity index (χ0n) is 16.0. The number of aromatic nitrogens is 1. The molecule has 1 N–H and O–H groups in total. The second-order valence-electron chi connectivity index (χ2n) is 6.47. The second-order valence-corrected chi connectivity index (χ2v) is 8.04. The first kappa shape index (κ1) is 20.1. The van der Waals surface area contributed by atoms with Gasteiger partial charge in [-0.2, -0.15) is 13.0 Å². The average Bonchev–Trinajstić information content (AvgIpc) is 2.98. The molecule has 148 valence electrons. The lowest BCUT2D eigenvalue weighted by molar-refractivity contribution is -0.677. The van der Waals surface area contributed by atoms with Crippen LogP contribution in [0.1, 0.15) is 26.2 Å². The van der Waals surface area contributed by atoms with Crippen molar-refractivity contribution < 1.29 is 26.7 Å². The van der Waals surface area contributed by atoms with Gasteiger partial charge in [-0.25, -0.2) is 0 Å². The van der Waals surface area contributed by atoms with E-state index in [1.54, 1.807) is 6.08 Å². The Hall–Kier alpha value is -2.64. The summed E-state index contributed by atoms with van der Waals surface area (Å²) in [5.74, 6) is 0.966. The number of rotatable bonds is 8. The third kappa shape index (κ3) is 4.99. The molecule has 7 heteroatoms. The summed E-state index contributed by atoms with van der Waals surface area (Å²) in [4.78, 5) is 0. The van der Waals surface area contributed by atoms with Gasteiger partial charge in [0, 0.05) is 12.5 Å². The van der Waals surface area contributed by atoms with Crippen LogP contribution in [0.2, 0.25) is 0 Å². The number of hydrogen-bond acceptors (Lipinski definition) is 4. The summed E-state index contributed by atoms with van der Waals surface area (Å²) in [6.07, 6.45) is 2.06. The van der Waals surface area contributed by atoms with Crippen LogP contribution < -0.4 is 4.57 Å². The second kappa shape index (κ2) is 8.58. The molecule has 0 aliphatic rings. The van der Waals surface area contributed by atoms with Crippen LogP contribution in [0, 0.1) is 0 Å². The Bertz CT molecular complexity index is 1080. The number of nitrogens with zero attached hydrogens (tertiary/aromatic N) is 1. The monoisotopic (exact) mass is 402 g/mol. The molecule has 0 spiro atoms. The van der Waals surface area contributed by atoms with Gasteiger partial charge in [-0.1, -0.05) is 36.4 Å². The van der Waals surface area contributed by atoms with Crippen LogP contribution in [0.25, 0.3) is 28.3 Å². The Morgan fingerprint density at radius 1 is 1.18 bits per heavy atom. The number of ether oxygens (including phenoxy) is 1. The first-order valence-electron chi connectivity index (χ1n) is 9.15.